The number of hydrogen-bond donors (Lipinski definition) is 0. The lowest BCUT2D eigenvalue weighted by molar-refractivity contribution is 1.53. The second kappa shape index (κ2) is 4.39. The number of fused-ring (bicyclic) bond motifs is 1. The Bertz CT molecular complexity index is 757. The minimum atomic E-state index is 0.132. The Kier molecular flexibility index (Phi) is 2.73. The van der Waals surface area contributed by atoms with Crippen LogP contribution in [-0.4, -0.2) is 0 Å². The van der Waals surface area contributed by atoms with Crippen LogP contribution < -0.4 is 5.43 Å². The fourth-order valence-electron chi connectivity index (χ4n) is 2.19. The highest BCUT2D eigenvalue weighted by atomic mass is 32.1. The molecular weight excluding hydrogens is 240 g/mol. The molecule has 0 spiro atoms. The normalized spacial score (nSPS) is 10.7. The van der Waals surface area contributed by atoms with Crippen LogP contribution in [0.15, 0.2) is 59.4 Å². The first-order valence-corrected chi connectivity index (χ1v) is 6.67. The Morgan fingerprint density at radius 1 is 0.889 bits per heavy atom. The van der Waals surface area contributed by atoms with Gasteiger partial charge in [-0.1, -0.05) is 42.5 Å². The van der Waals surface area contributed by atoms with Crippen molar-refractivity contribution in [3.63, 3.8) is 0 Å². The van der Waals surface area contributed by atoms with Gasteiger partial charge < -0.3 is 0 Å². The van der Waals surface area contributed by atoms with Crippen molar-refractivity contribution in [3.05, 3.63) is 69.7 Å². The van der Waals surface area contributed by atoms with Gasteiger partial charge in [-0.2, -0.15) is 0 Å². The minimum absolute atomic E-state index is 0.132. The molecule has 2 aromatic carbocycles. The molecule has 0 bridgehead atoms. The van der Waals surface area contributed by atoms with Crippen molar-refractivity contribution in [2.45, 2.75) is 6.92 Å². The van der Waals surface area contributed by atoms with E-state index in [1.165, 1.54) is 0 Å². The van der Waals surface area contributed by atoms with E-state index < -0.39 is 0 Å². The first-order chi connectivity index (χ1) is 8.77. The van der Waals surface area contributed by atoms with Gasteiger partial charge in [0, 0.05) is 20.5 Å². The van der Waals surface area contributed by atoms with Gasteiger partial charge in [-0.3, -0.25) is 4.79 Å². The molecule has 3 rings (SSSR count). The molecule has 0 saturated heterocycles. The Hall–Kier alpha value is -1.93. The van der Waals surface area contributed by atoms with Crippen LogP contribution >= 0.6 is 11.3 Å². The van der Waals surface area contributed by atoms with Crippen LogP contribution in [0.2, 0.25) is 0 Å². The lowest BCUT2D eigenvalue weighted by Gasteiger charge is -2.06. The van der Waals surface area contributed by atoms with Gasteiger partial charge >= 0.3 is 0 Å². The van der Waals surface area contributed by atoms with Gasteiger partial charge in [0.05, 0.1) is 0 Å². The van der Waals surface area contributed by atoms with Gasteiger partial charge in [-0.05, 0) is 24.6 Å². The molecule has 0 aliphatic heterocycles. The number of rotatable bonds is 1. The van der Waals surface area contributed by atoms with Crippen LogP contribution in [0.3, 0.4) is 0 Å². The van der Waals surface area contributed by atoms with Crippen LogP contribution in [0, 0.1) is 6.92 Å². The molecule has 88 valence electrons. The molecule has 0 saturated carbocycles. The molecule has 0 unspecified atom stereocenters. The first kappa shape index (κ1) is 11.2. The molecular formula is C16H12OS. The summed E-state index contributed by atoms with van der Waals surface area (Å²) in [6.45, 7) is 2.01. The maximum atomic E-state index is 12.6. The van der Waals surface area contributed by atoms with Gasteiger partial charge in [-0.25, -0.2) is 0 Å². The molecule has 2 heteroatoms. The Balaban J connectivity index is 2.41. The third kappa shape index (κ3) is 1.75. The van der Waals surface area contributed by atoms with Crippen molar-refractivity contribution in [2.24, 2.45) is 0 Å². The monoisotopic (exact) mass is 252 g/mol. The van der Waals surface area contributed by atoms with E-state index in [0.717, 1.165) is 26.1 Å². The van der Waals surface area contributed by atoms with Crippen molar-refractivity contribution in [3.8, 4) is 11.1 Å². The molecule has 0 N–H and O–H groups in total. The zero-order chi connectivity index (χ0) is 12.5. The van der Waals surface area contributed by atoms with Gasteiger partial charge in [0.15, 0.2) is 5.43 Å². The maximum Gasteiger partial charge on any atom is 0.196 e. The van der Waals surface area contributed by atoms with Crippen molar-refractivity contribution < 1.29 is 0 Å². The standard InChI is InChI=1S/C16H12OS/c1-11-15(12-7-3-2-4-8-12)16(17)13-9-5-6-10-14(13)18-11/h2-10H,1H3. The molecule has 0 fully saturated rings. The predicted octanol–water partition coefficient (Wildman–Crippen LogP) is 4.24. The summed E-state index contributed by atoms with van der Waals surface area (Å²) in [5, 5.41) is 0.812. The predicted molar refractivity (Wildman–Crippen MR) is 78.3 cm³/mol. The number of aryl methyl sites for hydroxylation is 1. The van der Waals surface area contributed by atoms with Crippen molar-refractivity contribution in [1.29, 1.82) is 0 Å². The molecule has 18 heavy (non-hydrogen) atoms. The van der Waals surface area contributed by atoms with E-state index in [1.807, 2.05) is 61.5 Å². The summed E-state index contributed by atoms with van der Waals surface area (Å²) in [4.78, 5) is 13.6. The first-order valence-electron chi connectivity index (χ1n) is 5.85. The fraction of sp³-hybridized carbons (Fsp3) is 0.0625. The third-order valence-corrected chi connectivity index (χ3v) is 4.12. The van der Waals surface area contributed by atoms with E-state index in [4.69, 9.17) is 0 Å². The van der Waals surface area contributed by atoms with E-state index in [0.29, 0.717) is 0 Å². The summed E-state index contributed by atoms with van der Waals surface area (Å²) >= 11 is 1.68. The highest BCUT2D eigenvalue weighted by Gasteiger charge is 2.10. The van der Waals surface area contributed by atoms with Gasteiger partial charge in [0.25, 0.3) is 0 Å². The van der Waals surface area contributed by atoms with Crippen LogP contribution in [0.25, 0.3) is 21.2 Å². The Morgan fingerprint density at radius 3 is 2.33 bits per heavy atom. The summed E-state index contributed by atoms with van der Waals surface area (Å²) in [5.41, 5.74) is 1.97. The Morgan fingerprint density at radius 2 is 1.56 bits per heavy atom. The van der Waals surface area contributed by atoms with Crippen LogP contribution in [0.5, 0.6) is 0 Å². The van der Waals surface area contributed by atoms with Gasteiger partial charge in [0.1, 0.15) is 0 Å². The molecule has 1 aromatic heterocycles. The van der Waals surface area contributed by atoms with E-state index in [2.05, 4.69) is 0 Å². The largest absolute Gasteiger partial charge is 0.288 e. The average molecular weight is 252 g/mol. The number of benzene rings is 2. The average Bonchev–Trinajstić information content (AvgIpc) is 2.40. The Labute approximate surface area is 109 Å². The molecule has 0 aliphatic rings. The van der Waals surface area contributed by atoms with Crippen molar-refractivity contribution >= 4 is 21.4 Å². The molecule has 1 nitrogen and oxygen atoms in total. The zero-order valence-electron chi connectivity index (χ0n) is 10.0. The molecule has 0 aliphatic carbocycles. The highest BCUT2D eigenvalue weighted by Crippen LogP contribution is 2.27. The van der Waals surface area contributed by atoms with E-state index in [9.17, 15) is 4.79 Å². The maximum absolute atomic E-state index is 12.6. The SMILES string of the molecule is Cc1sc2ccccc2c(=O)c1-c1ccccc1. The second-order valence-corrected chi connectivity index (χ2v) is 5.48. The van der Waals surface area contributed by atoms with E-state index in [-0.39, 0.29) is 5.43 Å². The van der Waals surface area contributed by atoms with Crippen LogP contribution in [0.4, 0.5) is 0 Å². The second-order valence-electron chi connectivity index (χ2n) is 4.22. The summed E-state index contributed by atoms with van der Waals surface area (Å²) in [5.74, 6) is 0. The van der Waals surface area contributed by atoms with Crippen LogP contribution in [-0.2, 0) is 0 Å². The quantitative estimate of drug-likeness (QED) is 0.633. The highest BCUT2D eigenvalue weighted by molar-refractivity contribution is 7.18. The summed E-state index contributed by atoms with van der Waals surface area (Å²) < 4.78 is 1.06. The van der Waals surface area contributed by atoms with E-state index >= 15 is 0 Å². The van der Waals surface area contributed by atoms with Crippen molar-refractivity contribution in [2.75, 3.05) is 0 Å². The molecule has 1 heterocycles. The molecule has 0 radical (unpaired) electrons. The fourth-order valence-corrected chi connectivity index (χ4v) is 3.25. The third-order valence-electron chi connectivity index (χ3n) is 3.04. The summed E-state index contributed by atoms with van der Waals surface area (Å²) in [6.07, 6.45) is 0. The lowest BCUT2D eigenvalue weighted by atomic mass is 10.0. The number of hydrogen-bond acceptors (Lipinski definition) is 2. The van der Waals surface area contributed by atoms with Crippen molar-refractivity contribution in [1.82, 2.24) is 0 Å². The summed E-state index contributed by atoms with van der Waals surface area (Å²) in [6, 6.07) is 17.7. The van der Waals surface area contributed by atoms with Crippen LogP contribution in [0.1, 0.15) is 4.88 Å². The lowest BCUT2D eigenvalue weighted by Crippen LogP contribution is -2.05. The molecule has 3 aromatic rings. The van der Waals surface area contributed by atoms with Gasteiger partial charge in [0.2, 0.25) is 0 Å². The molecule has 0 atom stereocenters. The van der Waals surface area contributed by atoms with E-state index in [1.54, 1.807) is 11.3 Å². The zero-order valence-corrected chi connectivity index (χ0v) is 10.8. The topological polar surface area (TPSA) is 17.1 Å². The molecule has 0 amide bonds. The van der Waals surface area contributed by atoms with Gasteiger partial charge in [-0.15, -0.1) is 11.3 Å². The minimum Gasteiger partial charge on any atom is -0.288 e. The smallest absolute Gasteiger partial charge is 0.196 e. The summed E-state index contributed by atoms with van der Waals surface area (Å²) in [7, 11) is 0.